The smallest absolute Gasteiger partial charge is 0.315 e. The molecule has 0 aromatic heterocycles. The first-order valence-electron chi connectivity index (χ1n) is 7.08. The van der Waals surface area contributed by atoms with Crippen LogP contribution in [0.4, 0.5) is 10.5 Å². The van der Waals surface area contributed by atoms with Crippen LogP contribution in [-0.4, -0.2) is 31.7 Å². The number of fused-ring (bicyclic) bond motifs is 1. The maximum atomic E-state index is 11.6. The summed E-state index contributed by atoms with van der Waals surface area (Å²) in [6.07, 6.45) is 2.06. The van der Waals surface area contributed by atoms with Gasteiger partial charge in [0.2, 0.25) is 0 Å². The van der Waals surface area contributed by atoms with Gasteiger partial charge in [0, 0.05) is 31.4 Å². The zero-order valence-corrected chi connectivity index (χ0v) is 11.8. The predicted octanol–water partition coefficient (Wildman–Crippen LogP) is 2.15. The molecule has 1 heterocycles. The minimum atomic E-state index is -0.0677. The molecule has 1 atom stereocenters. The molecule has 4 nitrogen and oxygen atoms in total. The Kier molecular flexibility index (Phi) is 4.66. The average molecular weight is 261 g/mol. The molecule has 0 aliphatic carbocycles. The summed E-state index contributed by atoms with van der Waals surface area (Å²) in [5.41, 5.74) is 2.72. The second-order valence-corrected chi connectivity index (χ2v) is 5.08. The van der Waals surface area contributed by atoms with Crippen molar-refractivity contribution in [1.29, 1.82) is 0 Å². The third kappa shape index (κ3) is 3.63. The fourth-order valence-electron chi connectivity index (χ4n) is 2.32. The molecule has 104 valence electrons. The van der Waals surface area contributed by atoms with Gasteiger partial charge in [0.25, 0.3) is 0 Å². The van der Waals surface area contributed by atoms with Gasteiger partial charge in [-0.3, -0.25) is 0 Å². The Hall–Kier alpha value is -1.71. The van der Waals surface area contributed by atoms with Crippen LogP contribution in [-0.2, 0) is 6.42 Å². The highest BCUT2D eigenvalue weighted by atomic mass is 16.2. The van der Waals surface area contributed by atoms with E-state index in [9.17, 15) is 4.79 Å². The summed E-state index contributed by atoms with van der Waals surface area (Å²) >= 11 is 0. The van der Waals surface area contributed by atoms with E-state index < -0.39 is 0 Å². The van der Waals surface area contributed by atoms with Gasteiger partial charge in [0.05, 0.1) is 0 Å². The zero-order valence-electron chi connectivity index (χ0n) is 11.8. The lowest BCUT2D eigenvalue weighted by Gasteiger charge is -2.20. The molecule has 1 aromatic rings. The van der Waals surface area contributed by atoms with Crippen molar-refractivity contribution in [2.45, 2.75) is 32.7 Å². The third-order valence-corrected chi connectivity index (χ3v) is 3.64. The van der Waals surface area contributed by atoms with Crippen molar-refractivity contribution < 1.29 is 4.79 Å². The van der Waals surface area contributed by atoms with Crippen LogP contribution in [0.3, 0.4) is 0 Å². The molecule has 1 unspecified atom stereocenters. The van der Waals surface area contributed by atoms with Crippen LogP contribution in [0, 0.1) is 0 Å². The van der Waals surface area contributed by atoms with Crippen LogP contribution in [0.2, 0.25) is 0 Å². The highest BCUT2D eigenvalue weighted by molar-refractivity contribution is 5.74. The molecule has 4 heteroatoms. The molecule has 0 bridgehead atoms. The lowest BCUT2D eigenvalue weighted by atomic mass is 10.2. The lowest BCUT2D eigenvalue weighted by Crippen LogP contribution is -2.43. The second-order valence-electron chi connectivity index (χ2n) is 5.08. The molecular formula is C15H23N3O. The van der Waals surface area contributed by atoms with E-state index in [1.54, 1.807) is 0 Å². The first-order valence-corrected chi connectivity index (χ1v) is 7.08. The lowest BCUT2D eigenvalue weighted by molar-refractivity contribution is 0.237. The van der Waals surface area contributed by atoms with Crippen molar-refractivity contribution in [3.63, 3.8) is 0 Å². The van der Waals surface area contributed by atoms with Crippen LogP contribution < -0.4 is 15.5 Å². The van der Waals surface area contributed by atoms with E-state index in [4.69, 9.17) is 0 Å². The van der Waals surface area contributed by atoms with Crippen LogP contribution in [0.15, 0.2) is 24.3 Å². The van der Waals surface area contributed by atoms with Gasteiger partial charge in [-0.15, -0.1) is 0 Å². The summed E-state index contributed by atoms with van der Waals surface area (Å²) in [6.45, 7) is 6.66. The molecule has 2 amide bonds. The van der Waals surface area contributed by atoms with E-state index in [0.717, 1.165) is 25.9 Å². The minimum absolute atomic E-state index is 0.0677. The van der Waals surface area contributed by atoms with Gasteiger partial charge in [-0.2, -0.15) is 0 Å². The van der Waals surface area contributed by atoms with E-state index in [-0.39, 0.29) is 12.1 Å². The topological polar surface area (TPSA) is 44.4 Å². The number of amides is 2. The summed E-state index contributed by atoms with van der Waals surface area (Å²) in [4.78, 5) is 13.9. The van der Waals surface area contributed by atoms with Gasteiger partial charge in [0.15, 0.2) is 0 Å². The van der Waals surface area contributed by atoms with Crippen molar-refractivity contribution in [2.24, 2.45) is 0 Å². The van der Waals surface area contributed by atoms with Gasteiger partial charge in [-0.25, -0.2) is 4.79 Å². The molecule has 1 aliphatic heterocycles. The van der Waals surface area contributed by atoms with Gasteiger partial charge in [-0.05, 0) is 31.4 Å². The maximum Gasteiger partial charge on any atom is 0.315 e. The molecule has 1 aromatic carbocycles. The monoisotopic (exact) mass is 261 g/mol. The summed E-state index contributed by atoms with van der Waals surface area (Å²) < 4.78 is 0. The highest BCUT2D eigenvalue weighted by Gasteiger charge is 2.17. The van der Waals surface area contributed by atoms with Crippen molar-refractivity contribution in [1.82, 2.24) is 10.6 Å². The number of carbonyl (C=O) groups is 1. The number of nitrogens with zero attached hydrogens (tertiary/aromatic N) is 1. The normalized spacial score (nSPS) is 14.9. The molecule has 0 spiro atoms. The Balaban J connectivity index is 1.74. The van der Waals surface area contributed by atoms with Crippen molar-refractivity contribution in [3.05, 3.63) is 29.8 Å². The number of carbonyl (C=O) groups excluding carboxylic acids is 1. The number of benzene rings is 1. The summed E-state index contributed by atoms with van der Waals surface area (Å²) in [5.74, 6) is 0. The summed E-state index contributed by atoms with van der Waals surface area (Å²) in [7, 11) is 0. The van der Waals surface area contributed by atoms with Gasteiger partial charge in [-0.1, -0.05) is 25.1 Å². The SMILES string of the molecule is CCC(C)NC(=O)NCCN1CCc2ccccc21. The van der Waals surface area contributed by atoms with E-state index in [0.29, 0.717) is 6.54 Å². The molecule has 2 N–H and O–H groups in total. The third-order valence-electron chi connectivity index (χ3n) is 3.64. The molecule has 0 radical (unpaired) electrons. The van der Waals surface area contributed by atoms with E-state index in [1.807, 2.05) is 6.92 Å². The van der Waals surface area contributed by atoms with Gasteiger partial charge in [0.1, 0.15) is 0 Å². The average Bonchev–Trinajstić information content (AvgIpc) is 2.82. The summed E-state index contributed by atoms with van der Waals surface area (Å²) in [6, 6.07) is 8.65. The molecule has 0 saturated carbocycles. The van der Waals surface area contributed by atoms with E-state index >= 15 is 0 Å². The summed E-state index contributed by atoms with van der Waals surface area (Å²) in [5, 5.41) is 5.82. The molecule has 0 saturated heterocycles. The first kappa shape index (κ1) is 13.7. The fraction of sp³-hybridized carbons (Fsp3) is 0.533. The minimum Gasteiger partial charge on any atom is -0.369 e. The Labute approximate surface area is 115 Å². The number of rotatable bonds is 5. The Morgan fingerprint density at radius 2 is 2.21 bits per heavy atom. The van der Waals surface area contributed by atoms with Crippen LogP contribution in [0.5, 0.6) is 0 Å². The van der Waals surface area contributed by atoms with Crippen molar-refractivity contribution >= 4 is 11.7 Å². The number of hydrogen-bond acceptors (Lipinski definition) is 2. The Bertz CT molecular complexity index is 433. The number of anilines is 1. The second kappa shape index (κ2) is 6.45. The number of para-hydroxylation sites is 1. The zero-order chi connectivity index (χ0) is 13.7. The largest absolute Gasteiger partial charge is 0.369 e. The van der Waals surface area contributed by atoms with Crippen LogP contribution in [0.25, 0.3) is 0 Å². The number of nitrogens with one attached hydrogen (secondary N) is 2. The van der Waals surface area contributed by atoms with Crippen LogP contribution in [0.1, 0.15) is 25.8 Å². The molecule has 2 rings (SSSR count). The van der Waals surface area contributed by atoms with E-state index in [2.05, 4.69) is 46.7 Å². The Morgan fingerprint density at radius 3 is 3.00 bits per heavy atom. The maximum absolute atomic E-state index is 11.6. The van der Waals surface area contributed by atoms with Gasteiger partial charge < -0.3 is 15.5 Å². The quantitative estimate of drug-likeness (QED) is 0.853. The standard InChI is InChI=1S/C15H23N3O/c1-3-12(2)17-15(19)16-9-11-18-10-8-13-6-4-5-7-14(13)18/h4-7,12H,3,8-11H2,1-2H3,(H2,16,17,19). The molecular weight excluding hydrogens is 238 g/mol. The van der Waals surface area contributed by atoms with E-state index in [1.165, 1.54) is 11.3 Å². The molecule has 0 fully saturated rings. The fourth-order valence-corrected chi connectivity index (χ4v) is 2.32. The predicted molar refractivity (Wildman–Crippen MR) is 78.6 cm³/mol. The van der Waals surface area contributed by atoms with Crippen molar-refractivity contribution in [2.75, 3.05) is 24.5 Å². The molecule has 19 heavy (non-hydrogen) atoms. The first-order chi connectivity index (χ1) is 9.20. The van der Waals surface area contributed by atoms with Crippen molar-refractivity contribution in [3.8, 4) is 0 Å². The number of hydrogen-bond donors (Lipinski definition) is 2. The van der Waals surface area contributed by atoms with Gasteiger partial charge >= 0.3 is 6.03 Å². The Morgan fingerprint density at radius 1 is 1.42 bits per heavy atom. The highest BCUT2D eigenvalue weighted by Crippen LogP contribution is 2.26. The molecule has 1 aliphatic rings. The van der Waals surface area contributed by atoms with Crippen LogP contribution >= 0.6 is 0 Å². The number of urea groups is 1.